The molecule has 0 spiro atoms. The molecule has 1 aliphatic carbocycles. The number of fused-ring (bicyclic) bond motifs is 1. The number of carbonyl (C=O) groups is 1. The number of rotatable bonds is 5. The molecule has 26 heavy (non-hydrogen) atoms. The Morgan fingerprint density at radius 3 is 2.73 bits per heavy atom. The second-order valence-electron chi connectivity index (χ2n) is 6.22. The van der Waals surface area contributed by atoms with E-state index in [0.717, 1.165) is 0 Å². The molecule has 5 nitrogen and oxygen atoms in total. The normalized spacial score (nSPS) is 24.0. The van der Waals surface area contributed by atoms with Crippen LogP contribution in [0, 0.1) is 23.2 Å². The zero-order chi connectivity index (χ0) is 19.1. The summed E-state index contributed by atoms with van der Waals surface area (Å²) in [6.07, 6.45) is -3.90. The van der Waals surface area contributed by atoms with Crippen LogP contribution in [0.25, 0.3) is 0 Å². The molecule has 1 aliphatic heterocycles. The molecule has 2 fully saturated rings. The Morgan fingerprint density at radius 2 is 2.15 bits per heavy atom. The molecule has 0 N–H and O–H groups in total. The van der Waals surface area contributed by atoms with E-state index in [9.17, 15) is 18.0 Å². The summed E-state index contributed by atoms with van der Waals surface area (Å²) in [6.45, 7) is 2.01. The number of alkyl halides is 3. The summed E-state index contributed by atoms with van der Waals surface area (Å²) in [5.41, 5.74) is 0.354. The first kappa shape index (κ1) is 18.8. The van der Waals surface area contributed by atoms with Crippen molar-refractivity contribution in [1.82, 2.24) is 4.90 Å². The molecule has 0 bridgehead atoms. The maximum absolute atomic E-state index is 12.9. The summed E-state index contributed by atoms with van der Waals surface area (Å²) in [6, 6.07) is 4.23. The van der Waals surface area contributed by atoms with Crippen LogP contribution >= 0.6 is 15.9 Å². The molecule has 3 rings (SSSR count). The SMILES string of the molecule is CCOc1cc(C#N)cc(Br)c1OCC(=O)N1CC[C@@H]2[C@@H]1[C@@H]2C(F)(F)F. The minimum Gasteiger partial charge on any atom is -0.490 e. The van der Waals surface area contributed by atoms with Gasteiger partial charge in [0.05, 0.1) is 28.6 Å². The van der Waals surface area contributed by atoms with Gasteiger partial charge >= 0.3 is 6.18 Å². The van der Waals surface area contributed by atoms with Gasteiger partial charge in [-0.05, 0) is 41.3 Å². The summed E-state index contributed by atoms with van der Waals surface area (Å²) < 4.78 is 50.1. The standard InChI is InChI=1S/C17H16BrF3N2O3/c1-2-25-12-6-9(7-22)5-11(18)16(12)26-8-13(24)23-4-3-10-14(15(10)23)17(19,20)21/h5-6,10,14-15H,2-4,8H2,1H3/t10-,14+,15+/m0/s1. The third-order valence-corrected chi connectivity index (χ3v) is 5.26. The summed E-state index contributed by atoms with van der Waals surface area (Å²) in [4.78, 5) is 13.6. The van der Waals surface area contributed by atoms with Crippen molar-refractivity contribution in [3.8, 4) is 17.6 Å². The topological polar surface area (TPSA) is 62.6 Å². The molecule has 0 unspecified atom stereocenters. The lowest BCUT2D eigenvalue weighted by Crippen LogP contribution is -2.38. The average molecular weight is 433 g/mol. The number of benzene rings is 1. The Bertz CT molecular complexity index is 763. The smallest absolute Gasteiger partial charge is 0.394 e. The van der Waals surface area contributed by atoms with E-state index in [1.165, 1.54) is 17.0 Å². The van der Waals surface area contributed by atoms with Crippen LogP contribution in [0.1, 0.15) is 18.9 Å². The summed E-state index contributed by atoms with van der Waals surface area (Å²) in [5, 5.41) is 9.01. The molecule has 3 atom stereocenters. The van der Waals surface area contributed by atoms with Gasteiger partial charge in [-0.3, -0.25) is 4.79 Å². The fraction of sp³-hybridized carbons (Fsp3) is 0.529. The molecule has 2 aliphatic rings. The van der Waals surface area contributed by atoms with Gasteiger partial charge in [0.2, 0.25) is 0 Å². The number of hydrogen-bond donors (Lipinski definition) is 0. The molecular weight excluding hydrogens is 417 g/mol. The average Bonchev–Trinajstić information content (AvgIpc) is 3.15. The van der Waals surface area contributed by atoms with Gasteiger partial charge in [0.15, 0.2) is 18.1 Å². The summed E-state index contributed by atoms with van der Waals surface area (Å²) in [7, 11) is 0. The number of halogens is 4. The molecule has 0 radical (unpaired) electrons. The van der Waals surface area contributed by atoms with Crippen molar-refractivity contribution in [3.63, 3.8) is 0 Å². The Hall–Kier alpha value is -1.95. The number of ether oxygens (including phenoxy) is 2. The number of likely N-dealkylation sites (tertiary alicyclic amines) is 1. The minimum absolute atomic E-state index is 0.248. The first-order valence-corrected chi connectivity index (χ1v) is 8.92. The minimum atomic E-state index is -4.27. The lowest BCUT2D eigenvalue weighted by Gasteiger charge is -2.22. The van der Waals surface area contributed by atoms with Gasteiger partial charge in [-0.25, -0.2) is 0 Å². The maximum Gasteiger partial charge on any atom is 0.394 e. The van der Waals surface area contributed by atoms with Crippen molar-refractivity contribution >= 4 is 21.8 Å². The van der Waals surface area contributed by atoms with Crippen LogP contribution in [0.3, 0.4) is 0 Å². The van der Waals surface area contributed by atoms with E-state index in [-0.39, 0.29) is 5.75 Å². The van der Waals surface area contributed by atoms with Gasteiger partial charge in [0.25, 0.3) is 5.91 Å². The molecule has 0 aromatic heterocycles. The predicted molar refractivity (Wildman–Crippen MR) is 88.7 cm³/mol. The van der Waals surface area contributed by atoms with Crippen LogP contribution in [0.2, 0.25) is 0 Å². The van der Waals surface area contributed by atoms with E-state index in [4.69, 9.17) is 14.7 Å². The van der Waals surface area contributed by atoms with Gasteiger partial charge in [-0.15, -0.1) is 0 Å². The van der Waals surface area contributed by atoms with Gasteiger partial charge in [-0.1, -0.05) is 0 Å². The molecular formula is C17H16BrF3N2O3. The summed E-state index contributed by atoms with van der Waals surface area (Å²) in [5.74, 6) is -1.84. The Labute approximate surface area is 156 Å². The molecule has 1 amide bonds. The van der Waals surface area contributed by atoms with E-state index in [1.54, 1.807) is 6.92 Å². The van der Waals surface area contributed by atoms with E-state index < -0.39 is 36.6 Å². The Balaban J connectivity index is 1.68. The highest BCUT2D eigenvalue weighted by atomic mass is 79.9. The third-order valence-electron chi connectivity index (χ3n) is 4.67. The van der Waals surface area contributed by atoms with Crippen LogP contribution in [0.15, 0.2) is 16.6 Å². The lowest BCUT2D eigenvalue weighted by atomic mass is 10.2. The molecule has 1 saturated carbocycles. The molecule has 9 heteroatoms. The van der Waals surface area contributed by atoms with Gasteiger partial charge < -0.3 is 14.4 Å². The van der Waals surface area contributed by atoms with Crippen molar-refractivity contribution < 1.29 is 27.4 Å². The van der Waals surface area contributed by atoms with E-state index >= 15 is 0 Å². The van der Waals surface area contributed by atoms with Crippen LogP contribution < -0.4 is 9.47 Å². The zero-order valence-electron chi connectivity index (χ0n) is 13.8. The van der Waals surface area contributed by atoms with Crippen molar-refractivity contribution in [1.29, 1.82) is 5.26 Å². The number of nitrogens with zero attached hydrogens (tertiary/aromatic N) is 2. The van der Waals surface area contributed by atoms with Gasteiger partial charge in [0.1, 0.15) is 0 Å². The molecule has 140 valence electrons. The van der Waals surface area contributed by atoms with Crippen molar-refractivity contribution in [3.05, 3.63) is 22.2 Å². The quantitative estimate of drug-likeness (QED) is 0.713. The predicted octanol–water partition coefficient (Wildman–Crippen LogP) is 3.51. The first-order valence-electron chi connectivity index (χ1n) is 8.13. The number of carbonyl (C=O) groups excluding carboxylic acids is 1. The van der Waals surface area contributed by atoms with Gasteiger partial charge in [0, 0.05) is 18.7 Å². The molecule has 1 aromatic carbocycles. The summed E-state index contributed by atoms with van der Waals surface area (Å²) >= 11 is 3.27. The van der Waals surface area contributed by atoms with E-state index in [0.29, 0.717) is 35.4 Å². The second kappa shape index (κ2) is 6.99. The zero-order valence-corrected chi connectivity index (χ0v) is 15.4. The van der Waals surface area contributed by atoms with Crippen molar-refractivity contribution in [2.24, 2.45) is 11.8 Å². The molecule has 1 aromatic rings. The number of piperidine rings is 1. The lowest BCUT2D eigenvalue weighted by molar-refractivity contribution is -0.159. The number of nitriles is 1. The maximum atomic E-state index is 12.9. The highest BCUT2D eigenvalue weighted by Crippen LogP contribution is 2.58. The van der Waals surface area contributed by atoms with Crippen molar-refractivity contribution in [2.75, 3.05) is 19.8 Å². The molecule has 1 saturated heterocycles. The van der Waals surface area contributed by atoms with Crippen LogP contribution in [-0.2, 0) is 4.79 Å². The Kier molecular flexibility index (Phi) is 5.06. The number of amides is 1. The third kappa shape index (κ3) is 3.47. The highest BCUT2D eigenvalue weighted by Gasteiger charge is 2.69. The fourth-order valence-electron chi connectivity index (χ4n) is 3.55. The van der Waals surface area contributed by atoms with Crippen LogP contribution in [0.4, 0.5) is 13.2 Å². The fourth-order valence-corrected chi connectivity index (χ4v) is 4.10. The van der Waals surface area contributed by atoms with E-state index in [2.05, 4.69) is 15.9 Å². The monoisotopic (exact) mass is 432 g/mol. The van der Waals surface area contributed by atoms with E-state index in [1.807, 2.05) is 6.07 Å². The Morgan fingerprint density at radius 1 is 1.42 bits per heavy atom. The van der Waals surface area contributed by atoms with Crippen molar-refractivity contribution in [2.45, 2.75) is 25.6 Å². The second-order valence-corrected chi connectivity index (χ2v) is 7.07. The first-order chi connectivity index (χ1) is 12.3. The number of hydrogen-bond acceptors (Lipinski definition) is 4. The van der Waals surface area contributed by atoms with Crippen LogP contribution in [-0.4, -0.2) is 42.8 Å². The van der Waals surface area contributed by atoms with Crippen LogP contribution in [0.5, 0.6) is 11.5 Å². The highest BCUT2D eigenvalue weighted by molar-refractivity contribution is 9.10. The largest absolute Gasteiger partial charge is 0.490 e. The van der Waals surface area contributed by atoms with Gasteiger partial charge in [-0.2, -0.15) is 18.4 Å². The molecule has 1 heterocycles.